The van der Waals surface area contributed by atoms with Crippen molar-refractivity contribution in [2.24, 2.45) is 0 Å². The molecule has 1 fully saturated rings. The Labute approximate surface area is 127 Å². The summed E-state index contributed by atoms with van der Waals surface area (Å²) >= 11 is 1.88. The highest BCUT2D eigenvalue weighted by atomic mass is 32.2. The molecule has 0 bridgehead atoms. The lowest BCUT2D eigenvalue weighted by Crippen LogP contribution is -2.23. The summed E-state index contributed by atoms with van der Waals surface area (Å²) in [6.07, 6.45) is 2.32. The molecule has 114 valence electrons. The van der Waals surface area contributed by atoms with Gasteiger partial charge in [-0.3, -0.25) is 14.9 Å². The van der Waals surface area contributed by atoms with Crippen LogP contribution in [0.25, 0.3) is 0 Å². The van der Waals surface area contributed by atoms with Crippen LogP contribution in [0.1, 0.15) is 30.1 Å². The molecule has 2 N–H and O–H groups in total. The lowest BCUT2D eigenvalue weighted by Gasteiger charge is -2.12. The quantitative estimate of drug-likeness (QED) is 0.623. The normalized spacial score (nSPS) is 17.5. The van der Waals surface area contributed by atoms with E-state index in [1.807, 2.05) is 18.7 Å². The van der Waals surface area contributed by atoms with Gasteiger partial charge in [0.15, 0.2) is 0 Å². The third kappa shape index (κ3) is 4.10. The monoisotopic (exact) mass is 309 g/mol. The van der Waals surface area contributed by atoms with Crippen molar-refractivity contribution in [3.8, 4) is 0 Å². The molecule has 1 aliphatic rings. The fourth-order valence-corrected chi connectivity index (χ4v) is 3.47. The number of hydrogen-bond donors (Lipinski definition) is 2. The Kier molecular flexibility index (Phi) is 5.44. The molecule has 0 saturated carbocycles. The summed E-state index contributed by atoms with van der Waals surface area (Å²) in [4.78, 5) is 22.5. The van der Waals surface area contributed by atoms with Gasteiger partial charge in [0.2, 0.25) is 0 Å². The van der Waals surface area contributed by atoms with Gasteiger partial charge < -0.3 is 10.6 Å². The highest BCUT2D eigenvalue weighted by molar-refractivity contribution is 8.00. The van der Waals surface area contributed by atoms with Crippen molar-refractivity contribution in [1.82, 2.24) is 5.32 Å². The van der Waals surface area contributed by atoms with Gasteiger partial charge in [-0.1, -0.05) is 0 Å². The van der Waals surface area contributed by atoms with Crippen molar-refractivity contribution in [3.63, 3.8) is 0 Å². The van der Waals surface area contributed by atoms with Gasteiger partial charge in [-0.05, 0) is 37.7 Å². The summed E-state index contributed by atoms with van der Waals surface area (Å²) in [5.74, 6) is 0.929. The second-order valence-electron chi connectivity index (χ2n) is 4.86. The molecule has 1 aromatic rings. The predicted octanol–water partition coefficient (Wildman–Crippen LogP) is 2.65. The van der Waals surface area contributed by atoms with Gasteiger partial charge in [0.1, 0.15) is 5.69 Å². The average molecular weight is 309 g/mol. The fraction of sp³-hybridized carbons (Fsp3) is 0.500. The van der Waals surface area contributed by atoms with Gasteiger partial charge in [-0.15, -0.1) is 0 Å². The Morgan fingerprint density at radius 3 is 2.95 bits per heavy atom. The number of carbonyl (C=O) groups excluding carboxylic acids is 1. The smallest absolute Gasteiger partial charge is 0.292 e. The second-order valence-corrected chi connectivity index (χ2v) is 6.27. The SMILES string of the molecule is CCNC(=O)c1ccc([N+](=O)[O-])c(NCC2CCCS2)c1. The van der Waals surface area contributed by atoms with Gasteiger partial charge in [0.05, 0.1) is 4.92 Å². The number of nitro benzene ring substituents is 1. The molecule has 1 amide bonds. The maximum Gasteiger partial charge on any atom is 0.292 e. The van der Waals surface area contributed by atoms with E-state index in [0.29, 0.717) is 29.6 Å². The largest absolute Gasteiger partial charge is 0.378 e. The number of thioether (sulfide) groups is 1. The topological polar surface area (TPSA) is 84.3 Å². The molecule has 0 spiro atoms. The molecule has 0 aliphatic carbocycles. The number of nitro groups is 1. The maximum atomic E-state index is 11.8. The van der Waals surface area contributed by atoms with E-state index in [2.05, 4.69) is 10.6 Å². The van der Waals surface area contributed by atoms with Gasteiger partial charge in [0.25, 0.3) is 11.6 Å². The molecule has 1 aliphatic heterocycles. The van der Waals surface area contributed by atoms with Crippen molar-refractivity contribution < 1.29 is 9.72 Å². The first-order valence-corrected chi connectivity index (χ1v) is 8.08. The van der Waals surface area contributed by atoms with Crippen LogP contribution in [0, 0.1) is 10.1 Å². The first-order valence-electron chi connectivity index (χ1n) is 7.04. The summed E-state index contributed by atoms with van der Waals surface area (Å²) in [7, 11) is 0. The number of anilines is 1. The summed E-state index contributed by atoms with van der Waals surface area (Å²) < 4.78 is 0. The van der Waals surface area contributed by atoms with Crippen molar-refractivity contribution >= 4 is 29.0 Å². The fourth-order valence-electron chi connectivity index (χ4n) is 2.27. The van der Waals surface area contributed by atoms with E-state index in [1.54, 1.807) is 6.07 Å². The third-order valence-electron chi connectivity index (χ3n) is 3.34. The number of rotatable bonds is 6. The Balaban J connectivity index is 2.15. The highest BCUT2D eigenvalue weighted by Gasteiger charge is 2.19. The number of nitrogens with zero attached hydrogens (tertiary/aromatic N) is 1. The Bertz CT molecular complexity index is 530. The number of benzene rings is 1. The molecular formula is C14H19N3O3S. The van der Waals surface area contributed by atoms with E-state index in [-0.39, 0.29) is 11.6 Å². The van der Waals surface area contributed by atoms with E-state index in [0.717, 1.165) is 12.2 Å². The number of carbonyl (C=O) groups is 1. The molecule has 1 atom stereocenters. The molecule has 6 nitrogen and oxygen atoms in total. The van der Waals surface area contributed by atoms with E-state index >= 15 is 0 Å². The van der Waals surface area contributed by atoms with Crippen molar-refractivity contribution in [2.75, 3.05) is 24.2 Å². The predicted molar refractivity (Wildman–Crippen MR) is 85.1 cm³/mol. The standard InChI is InChI=1S/C14H19N3O3S/c1-2-15-14(18)10-5-6-13(17(19)20)12(8-10)16-9-11-4-3-7-21-11/h5-6,8,11,16H,2-4,7,9H2,1H3,(H,15,18). The second kappa shape index (κ2) is 7.31. The summed E-state index contributed by atoms with van der Waals surface area (Å²) in [5.41, 5.74) is 0.853. The zero-order valence-electron chi connectivity index (χ0n) is 11.9. The Morgan fingerprint density at radius 2 is 2.33 bits per heavy atom. The van der Waals surface area contributed by atoms with E-state index in [4.69, 9.17) is 0 Å². The minimum Gasteiger partial charge on any atom is -0.378 e. The zero-order valence-corrected chi connectivity index (χ0v) is 12.7. The van der Waals surface area contributed by atoms with Crippen LogP contribution in [0.4, 0.5) is 11.4 Å². The molecule has 2 rings (SSSR count). The van der Waals surface area contributed by atoms with Crippen molar-refractivity contribution in [3.05, 3.63) is 33.9 Å². The molecule has 1 unspecified atom stereocenters. The number of hydrogen-bond acceptors (Lipinski definition) is 5. The minimum absolute atomic E-state index is 0.00560. The third-order valence-corrected chi connectivity index (χ3v) is 4.74. The minimum atomic E-state index is -0.425. The lowest BCUT2D eigenvalue weighted by atomic mass is 10.1. The molecule has 7 heteroatoms. The summed E-state index contributed by atoms with van der Waals surface area (Å²) in [5, 5.41) is 17.4. The van der Waals surface area contributed by atoms with Crippen LogP contribution in [0.15, 0.2) is 18.2 Å². The summed E-state index contributed by atoms with van der Waals surface area (Å²) in [6.45, 7) is 3.04. The maximum absolute atomic E-state index is 11.8. The van der Waals surface area contributed by atoms with E-state index in [1.165, 1.54) is 18.6 Å². The lowest BCUT2D eigenvalue weighted by molar-refractivity contribution is -0.384. The highest BCUT2D eigenvalue weighted by Crippen LogP contribution is 2.29. The van der Waals surface area contributed by atoms with Crippen LogP contribution in [0.5, 0.6) is 0 Å². The van der Waals surface area contributed by atoms with Crippen molar-refractivity contribution in [1.29, 1.82) is 0 Å². The van der Waals surface area contributed by atoms with Crippen LogP contribution >= 0.6 is 11.8 Å². The van der Waals surface area contributed by atoms with Crippen LogP contribution < -0.4 is 10.6 Å². The molecule has 0 aromatic heterocycles. The first kappa shape index (κ1) is 15.6. The Hall–Kier alpha value is -1.76. The van der Waals surface area contributed by atoms with Gasteiger partial charge >= 0.3 is 0 Å². The molecule has 0 radical (unpaired) electrons. The first-order chi connectivity index (χ1) is 10.1. The molecule has 1 heterocycles. The van der Waals surface area contributed by atoms with E-state index in [9.17, 15) is 14.9 Å². The molecular weight excluding hydrogens is 290 g/mol. The van der Waals surface area contributed by atoms with Crippen molar-refractivity contribution in [2.45, 2.75) is 25.0 Å². The van der Waals surface area contributed by atoms with Crippen LogP contribution in [-0.4, -0.2) is 34.9 Å². The molecule has 21 heavy (non-hydrogen) atoms. The van der Waals surface area contributed by atoms with Crippen LogP contribution in [0.3, 0.4) is 0 Å². The van der Waals surface area contributed by atoms with Crippen LogP contribution in [-0.2, 0) is 0 Å². The van der Waals surface area contributed by atoms with Gasteiger partial charge in [-0.2, -0.15) is 11.8 Å². The Morgan fingerprint density at radius 1 is 1.52 bits per heavy atom. The van der Waals surface area contributed by atoms with E-state index < -0.39 is 4.92 Å². The molecule has 1 aromatic carbocycles. The van der Waals surface area contributed by atoms with Gasteiger partial charge in [0, 0.05) is 30.0 Å². The molecule has 1 saturated heterocycles. The zero-order chi connectivity index (χ0) is 15.2. The number of nitrogens with one attached hydrogen (secondary N) is 2. The van der Waals surface area contributed by atoms with Gasteiger partial charge in [-0.25, -0.2) is 0 Å². The van der Waals surface area contributed by atoms with Crippen LogP contribution in [0.2, 0.25) is 0 Å². The average Bonchev–Trinajstić information content (AvgIpc) is 2.98. The number of amides is 1. The summed E-state index contributed by atoms with van der Waals surface area (Å²) in [6, 6.07) is 4.43.